The third-order valence-electron chi connectivity index (χ3n) is 14.0. The number of anilines is 3. The number of allylic oxidation sites excluding steroid dienone is 1. The number of pyridine rings is 1. The number of amides is 2. The van der Waals surface area contributed by atoms with Gasteiger partial charge in [0, 0.05) is 93.6 Å². The van der Waals surface area contributed by atoms with Gasteiger partial charge >= 0.3 is 6.09 Å². The molecule has 72 heavy (non-hydrogen) atoms. The maximum absolute atomic E-state index is 14.1. The molecule has 386 valence electrons. The number of hydrogen-bond donors (Lipinski definition) is 3. The Morgan fingerprint density at radius 1 is 0.931 bits per heavy atom. The van der Waals surface area contributed by atoms with Gasteiger partial charge in [-0.25, -0.2) is 22.9 Å². The Kier molecular flexibility index (Phi) is 16.4. The Bertz CT molecular complexity index is 2740. The molecule has 3 aliphatic heterocycles. The van der Waals surface area contributed by atoms with Gasteiger partial charge in [-0.1, -0.05) is 43.2 Å². The van der Waals surface area contributed by atoms with Crippen LogP contribution >= 0.6 is 11.6 Å². The number of carbonyl (C=O) groups excluding carboxylic acids is 2. The number of benzene rings is 3. The molecule has 8 rings (SSSR count). The first-order valence-corrected chi connectivity index (χ1v) is 26.8. The van der Waals surface area contributed by atoms with E-state index in [1.165, 1.54) is 53.2 Å². The number of piperazine rings is 1. The number of hydrogen-bond acceptors (Lipinski definition) is 14. The summed E-state index contributed by atoms with van der Waals surface area (Å²) in [5.41, 5.74) is 3.88. The largest absolute Gasteiger partial charge is 0.456 e. The normalized spacial score (nSPS) is 18.6. The van der Waals surface area contributed by atoms with Gasteiger partial charge in [0.05, 0.1) is 15.4 Å². The van der Waals surface area contributed by atoms with E-state index >= 15 is 0 Å². The number of nitrogens with zero attached hydrogens (tertiary/aromatic N) is 5. The fraction of sp³-hybridized carbons (Fsp3) is 0.491. The van der Waals surface area contributed by atoms with E-state index in [1.54, 1.807) is 32.9 Å². The number of likely N-dealkylation sites (tertiary alicyclic amines) is 1. The quantitative estimate of drug-likeness (QED) is 0.0751. The highest BCUT2D eigenvalue weighted by molar-refractivity contribution is 7.90. The van der Waals surface area contributed by atoms with E-state index in [-0.39, 0.29) is 34.0 Å². The van der Waals surface area contributed by atoms with Gasteiger partial charge in [0.15, 0.2) is 0 Å². The average molecular weight is 1030 g/mol. The van der Waals surface area contributed by atoms with Gasteiger partial charge < -0.3 is 29.3 Å². The molecule has 0 saturated carbocycles. The molecule has 4 aromatic rings. The van der Waals surface area contributed by atoms with Crippen molar-refractivity contribution in [3.05, 3.63) is 111 Å². The topological polar surface area (TPSA) is 198 Å². The molecule has 0 unspecified atom stereocenters. The van der Waals surface area contributed by atoms with E-state index < -0.39 is 43.1 Å². The standard InChI is InChI=1S/C53H67ClN8O9S/c1-52(2,3)71-51(64)57-49-31-42(15-21-55-49)70-48-30-41(61-26-24-59(25-27-61)35-38-14-20-53(4,5)33-45(38)37-6-8-39(54)9-7-37)10-12-44(48)50(63)58-72(67,68)43-11-13-46(47(32-43)62(65)66)56-34-36-16-22-60(23-17-36)40-18-28-69-29-19-40/h6-13,15,21,30-32,36,40,56H,14,16-20,22-29,33-35H2,1-5H3,(H,58,63)(H,55,57,64). The third kappa shape index (κ3) is 13.8. The van der Waals surface area contributed by atoms with E-state index in [1.807, 2.05) is 12.1 Å². The number of piperidine rings is 1. The maximum Gasteiger partial charge on any atom is 0.413 e. The zero-order chi connectivity index (χ0) is 51.2. The van der Waals surface area contributed by atoms with Gasteiger partial charge in [-0.2, -0.15) is 0 Å². The number of aromatic nitrogens is 1. The van der Waals surface area contributed by atoms with Crippen LogP contribution in [-0.4, -0.2) is 117 Å². The van der Waals surface area contributed by atoms with Gasteiger partial charge in [0.1, 0.15) is 28.6 Å². The van der Waals surface area contributed by atoms with Crippen molar-refractivity contribution in [1.82, 2.24) is 19.5 Å². The number of carbonyl (C=O) groups is 2. The highest BCUT2D eigenvalue weighted by Gasteiger charge is 2.32. The monoisotopic (exact) mass is 1030 g/mol. The van der Waals surface area contributed by atoms with Crippen LogP contribution in [0.1, 0.15) is 95.5 Å². The van der Waals surface area contributed by atoms with Crippen LogP contribution in [0.15, 0.2) is 89.5 Å². The number of nitrogens with one attached hydrogen (secondary N) is 3. The van der Waals surface area contributed by atoms with Crippen molar-refractivity contribution < 1.29 is 37.1 Å². The summed E-state index contributed by atoms with van der Waals surface area (Å²) in [6.07, 6.45) is 7.75. The van der Waals surface area contributed by atoms with Crippen LogP contribution < -0.4 is 25.0 Å². The molecule has 1 aromatic heterocycles. The molecular weight excluding hydrogens is 960 g/mol. The van der Waals surface area contributed by atoms with Gasteiger partial charge in [0.25, 0.3) is 21.6 Å². The molecule has 3 fully saturated rings. The van der Waals surface area contributed by atoms with E-state index in [4.69, 9.17) is 25.8 Å². The van der Waals surface area contributed by atoms with Crippen LogP contribution in [0.3, 0.4) is 0 Å². The number of nitro benzene ring substituents is 1. The predicted octanol–water partition coefficient (Wildman–Crippen LogP) is 9.99. The number of sulfonamides is 1. The fourth-order valence-electron chi connectivity index (χ4n) is 10.00. The van der Waals surface area contributed by atoms with E-state index in [0.29, 0.717) is 36.6 Å². The minimum atomic E-state index is -4.64. The van der Waals surface area contributed by atoms with Crippen LogP contribution in [0, 0.1) is 21.4 Å². The molecule has 3 N–H and O–H groups in total. The van der Waals surface area contributed by atoms with Crippen LogP contribution in [0.5, 0.6) is 11.5 Å². The van der Waals surface area contributed by atoms with E-state index in [2.05, 4.69) is 61.0 Å². The minimum absolute atomic E-state index is 0.0312. The molecule has 1 aliphatic carbocycles. The second-order valence-corrected chi connectivity index (χ2v) is 23.2. The second-order valence-electron chi connectivity index (χ2n) is 21.1. The lowest BCUT2D eigenvalue weighted by Gasteiger charge is -2.39. The summed E-state index contributed by atoms with van der Waals surface area (Å²) in [6, 6.07) is 20.2. The fourth-order valence-corrected chi connectivity index (χ4v) is 11.1. The molecule has 0 spiro atoms. The highest BCUT2D eigenvalue weighted by atomic mass is 35.5. The Balaban J connectivity index is 0.980. The molecule has 3 aromatic carbocycles. The molecule has 4 heterocycles. The first-order valence-electron chi connectivity index (χ1n) is 24.9. The van der Waals surface area contributed by atoms with Crippen molar-refractivity contribution in [2.24, 2.45) is 11.3 Å². The molecular formula is C53H67ClN8O9S. The van der Waals surface area contributed by atoms with Crippen molar-refractivity contribution in [3.8, 4) is 11.5 Å². The summed E-state index contributed by atoms with van der Waals surface area (Å²) in [4.78, 5) is 49.4. The van der Waals surface area contributed by atoms with Crippen molar-refractivity contribution in [1.29, 1.82) is 0 Å². The summed E-state index contributed by atoms with van der Waals surface area (Å²) in [5.74, 6) is -0.376. The van der Waals surface area contributed by atoms with Gasteiger partial charge in [-0.3, -0.25) is 25.1 Å². The Hall–Kier alpha value is -5.79. The van der Waals surface area contributed by atoms with Crippen molar-refractivity contribution in [2.75, 3.05) is 81.1 Å². The minimum Gasteiger partial charge on any atom is -0.456 e. The number of rotatable bonds is 15. The summed E-state index contributed by atoms with van der Waals surface area (Å²) in [7, 11) is -4.64. The third-order valence-corrected chi connectivity index (χ3v) is 15.5. The lowest BCUT2D eigenvalue weighted by atomic mass is 9.72. The first kappa shape index (κ1) is 52.5. The van der Waals surface area contributed by atoms with Crippen molar-refractivity contribution in [2.45, 2.75) is 96.1 Å². The summed E-state index contributed by atoms with van der Waals surface area (Å²) in [5, 5.41) is 18.8. The Labute approximate surface area is 427 Å². The molecule has 19 heteroatoms. The number of halogens is 1. The lowest BCUT2D eigenvalue weighted by molar-refractivity contribution is -0.384. The van der Waals surface area contributed by atoms with Gasteiger partial charge in [-0.05, 0) is 144 Å². The molecule has 0 atom stereocenters. The first-order chi connectivity index (χ1) is 34.3. The van der Waals surface area contributed by atoms with Gasteiger partial charge in [0.2, 0.25) is 0 Å². The predicted molar refractivity (Wildman–Crippen MR) is 280 cm³/mol. The molecule has 4 aliphatic rings. The smallest absolute Gasteiger partial charge is 0.413 e. The van der Waals surface area contributed by atoms with Crippen LogP contribution in [-0.2, 0) is 19.5 Å². The average Bonchev–Trinajstić information content (AvgIpc) is 3.34. The molecule has 0 radical (unpaired) electrons. The zero-order valence-corrected chi connectivity index (χ0v) is 43.5. The summed E-state index contributed by atoms with van der Waals surface area (Å²) in [6.45, 7) is 17.6. The Morgan fingerprint density at radius 3 is 2.35 bits per heavy atom. The number of ether oxygens (including phenoxy) is 3. The lowest BCUT2D eigenvalue weighted by Crippen LogP contribution is -2.47. The molecule has 0 bridgehead atoms. The van der Waals surface area contributed by atoms with Crippen LogP contribution in [0.4, 0.5) is 27.7 Å². The summed E-state index contributed by atoms with van der Waals surface area (Å²) >= 11 is 6.26. The van der Waals surface area contributed by atoms with Crippen molar-refractivity contribution >= 4 is 62.1 Å². The SMILES string of the molecule is CC1(C)CCC(CN2CCN(c3ccc(C(=O)NS(=O)(=O)c4ccc(NCC5CCN(C6CCOCC6)CC5)c([N+](=O)[O-])c4)c(Oc4ccnc(NC(=O)OC(C)(C)C)c4)c3)CC2)=C(c2ccc(Cl)cc2)C1. The van der Waals surface area contributed by atoms with Crippen LogP contribution in [0.2, 0.25) is 5.02 Å². The molecule has 3 saturated heterocycles. The zero-order valence-electron chi connectivity index (χ0n) is 41.9. The van der Waals surface area contributed by atoms with Crippen LogP contribution in [0.25, 0.3) is 5.57 Å². The van der Waals surface area contributed by atoms with Crippen molar-refractivity contribution in [3.63, 3.8) is 0 Å². The van der Waals surface area contributed by atoms with Gasteiger partial charge in [-0.15, -0.1) is 0 Å². The van der Waals surface area contributed by atoms with E-state index in [9.17, 15) is 28.1 Å². The highest BCUT2D eigenvalue weighted by Crippen LogP contribution is 2.44. The second kappa shape index (κ2) is 22.5. The Morgan fingerprint density at radius 2 is 1.65 bits per heavy atom. The molecule has 2 amide bonds. The summed E-state index contributed by atoms with van der Waals surface area (Å²) < 4.78 is 47.2. The molecule has 17 nitrogen and oxygen atoms in total. The van der Waals surface area contributed by atoms with E-state index in [0.717, 1.165) is 103 Å². The number of nitro groups is 1. The maximum atomic E-state index is 14.1.